The second-order valence-corrected chi connectivity index (χ2v) is 9.14. The van der Waals surface area contributed by atoms with E-state index in [0.29, 0.717) is 16.9 Å². The van der Waals surface area contributed by atoms with Crippen molar-refractivity contribution in [1.82, 2.24) is 24.4 Å². The Hall–Kier alpha value is -2.64. The molecule has 1 saturated carbocycles. The quantitative estimate of drug-likeness (QED) is 0.862. The average molecular weight is 385 g/mol. The number of nitrogens with zero attached hydrogens (tertiary/aromatic N) is 4. The van der Waals surface area contributed by atoms with E-state index in [4.69, 9.17) is 0 Å². The van der Waals surface area contributed by atoms with E-state index in [9.17, 15) is 14.4 Å². The zero-order valence-electron chi connectivity index (χ0n) is 17.1. The highest BCUT2D eigenvalue weighted by Gasteiger charge is 2.37. The molecule has 0 saturated heterocycles. The number of nitrogens with one attached hydrogen (secondary N) is 1. The molecule has 2 aromatic heterocycles. The lowest BCUT2D eigenvalue weighted by Gasteiger charge is -2.20. The van der Waals surface area contributed by atoms with Gasteiger partial charge >= 0.3 is 0 Å². The smallest absolute Gasteiger partial charge is 0.280 e. The van der Waals surface area contributed by atoms with Crippen LogP contribution in [0, 0.1) is 0 Å². The van der Waals surface area contributed by atoms with E-state index in [0.717, 1.165) is 18.5 Å². The van der Waals surface area contributed by atoms with Crippen LogP contribution in [0.5, 0.6) is 0 Å². The van der Waals surface area contributed by atoms with Gasteiger partial charge in [-0.3, -0.25) is 14.4 Å². The van der Waals surface area contributed by atoms with Crippen molar-refractivity contribution in [1.29, 1.82) is 0 Å². The van der Waals surface area contributed by atoms with Crippen LogP contribution in [-0.2, 0) is 23.3 Å². The number of aromatic nitrogens is 3. The number of rotatable bonds is 4. The van der Waals surface area contributed by atoms with Crippen molar-refractivity contribution in [2.75, 3.05) is 0 Å². The molecule has 2 aliphatic rings. The van der Waals surface area contributed by atoms with Gasteiger partial charge in [0, 0.05) is 23.6 Å². The van der Waals surface area contributed by atoms with E-state index in [2.05, 4.69) is 10.4 Å². The summed E-state index contributed by atoms with van der Waals surface area (Å²) in [5.74, 6) is -0.355. The van der Waals surface area contributed by atoms with Crippen LogP contribution < -0.4 is 10.9 Å². The van der Waals surface area contributed by atoms with Gasteiger partial charge in [0.05, 0.1) is 17.8 Å². The molecule has 0 aromatic carbocycles. The molecule has 0 radical (unpaired) electrons. The summed E-state index contributed by atoms with van der Waals surface area (Å²) < 4.78 is 3.02. The first-order valence-corrected chi connectivity index (χ1v) is 9.84. The van der Waals surface area contributed by atoms with Crippen LogP contribution >= 0.6 is 0 Å². The van der Waals surface area contributed by atoms with Crippen LogP contribution in [0.1, 0.15) is 69.2 Å². The van der Waals surface area contributed by atoms with Crippen LogP contribution in [0.2, 0.25) is 0 Å². The van der Waals surface area contributed by atoms with Gasteiger partial charge in [-0.1, -0.05) is 20.8 Å². The van der Waals surface area contributed by atoms with Gasteiger partial charge in [0.1, 0.15) is 17.9 Å². The molecule has 1 N–H and O–H groups in total. The first kappa shape index (κ1) is 18.7. The Morgan fingerprint density at radius 2 is 1.96 bits per heavy atom. The van der Waals surface area contributed by atoms with E-state index in [1.807, 2.05) is 40.7 Å². The maximum Gasteiger partial charge on any atom is 0.280 e. The lowest BCUT2D eigenvalue weighted by molar-refractivity contribution is -0.121. The van der Waals surface area contributed by atoms with Crippen LogP contribution in [-0.4, -0.2) is 43.0 Å². The molecule has 0 bridgehead atoms. The fourth-order valence-corrected chi connectivity index (χ4v) is 3.57. The van der Waals surface area contributed by atoms with Gasteiger partial charge in [-0.25, -0.2) is 0 Å². The van der Waals surface area contributed by atoms with Gasteiger partial charge in [0.2, 0.25) is 5.91 Å². The predicted molar refractivity (Wildman–Crippen MR) is 104 cm³/mol. The van der Waals surface area contributed by atoms with Crippen molar-refractivity contribution < 1.29 is 9.59 Å². The van der Waals surface area contributed by atoms with Crippen molar-refractivity contribution >= 4 is 17.5 Å². The summed E-state index contributed by atoms with van der Waals surface area (Å²) >= 11 is 0. The maximum atomic E-state index is 13.1. The molecule has 28 heavy (non-hydrogen) atoms. The fraction of sp³-hybridized carbons (Fsp3) is 0.600. The first-order chi connectivity index (χ1) is 13.1. The van der Waals surface area contributed by atoms with E-state index in [1.54, 1.807) is 9.47 Å². The first-order valence-electron chi connectivity index (χ1n) is 9.84. The number of carbonyl (C=O) groups excluding carboxylic acids is 2. The third-order valence-corrected chi connectivity index (χ3v) is 5.40. The van der Waals surface area contributed by atoms with E-state index in [-0.39, 0.29) is 48.0 Å². The van der Waals surface area contributed by atoms with Crippen molar-refractivity contribution in [3.05, 3.63) is 33.4 Å². The molecule has 8 heteroatoms. The summed E-state index contributed by atoms with van der Waals surface area (Å²) in [6, 6.07) is 2.01. The van der Waals surface area contributed by atoms with Crippen LogP contribution in [0.3, 0.4) is 0 Å². The highest BCUT2D eigenvalue weighted by Crippen LogP contribution is 2.27. The molecule has 1 aliphatic heterocycles. The normalized spacial score (nSPS) is 16.9. The lowest BCUT2D eigenvalue weighted by atomic mass is 9.93. The third-order valence-electron chi connectivity index (χ3n) is 5.40. The van der Waals surface area contributed by atoms with Gasteiger partial charge in [-0.05, 0) is 26.7 Å². The minimum Gasteiger partial charge on any atom is -0.352 e. The molecule has 150 valence electrons. The lowest BCUT2D eigenvalue weighted by Crippen LogP contribution is -2.34. The Balaban J connectivity index is 1.91. The van der Waals surface area contributed by atoms with Gasteiger partial charge < -0.3 is 14.8 Å². The number of hydrogen-bond donors (Lipinski definition) is 1. The van der Waals surface area contributed by atoms with Crippen LogP contribution in [0.15, 0.2) is 10.9 Å². The molecule has 0 spiro atoms. The van der Waals surface area contributed by atoms with Crippen LogP contribution in [0.25, 0.3) is 5.65 Å². The van der Waals surface area contributed by atoms with Crippen molar-refractivity contribution in [3.63, 3.8) is 0 Å². The van der Waals surface area contributed by atoms with Gasteiger partial charge in [-0.15, -0.1) is 0 Å². The SMILES string of the molecule is CC(C)N1Cc2c(n(CC(=O)NC3CC3)c3cc(C(C)(C)C)nn3c2=O)C1=O. The minimum absolute atomic E-state index is 0.00440. The van der Waals surface area contributed by atoms with Crippen molar-refractivity contribution in [2.24, 2.45) is 0 Å². The number of carbonyl (C=O) groups is 2. The Morgan fingerprint density at radius 3 is 2.54 bits per heavy atom. The number of fused-ring (bicyclic) bond motifs is 2. The highest BCUT2D eigenvalue weighted by atomic mass is 16.2. The molecule has 0 atom stereocenters. The Kier molecular flexibility index (Phi) is 4.13. The molecule has 2 aromatic rings. The Morgan fingerprint density at radius 1 is 1.29 bits per heavy atom. The van der Waals surface area contributed by atoms with Gasteiger partial charge in [0.25, 0.3) is 11.5 Å². The van der Waals surface area contributed by atoms with E-state index < -0.39 is 0 Å². The molecule has 1 aliphatic carbocycles. The second kappa shape index (κ2) is 6.18. The topological polar surface area (TPSA) is 88.7 Å². The van der Waals surface area contributed by atoms with Gasteiger partial charge in [0.15, 0.2) is 0 Å². The molecular formula is C20H27N5O3. The molecule has 2 amide bonds. The summed E-state index contributed by atoms with van der Waals surface area (Å²) in [6.07, 6.45) is 1.98. The van der Waals surface area contributed by atoms with Crippen molar-refractivity contribution in [2.45, 2.75) is 78.0 Å². The monoisotopic (exact) mass is 385 g/mol. The average Bonchev–Trinajstić information content (AvgIpc) is 3.15. The van der Waals surface area contributed by atoms with E-state index in [1.165, 1.54) is 4.52 Å². The predicted octanol–water partition coefficient (Wildman–Crippen LogP) is 1.44. The second-order valence-electron chi connectivity index (χ2n) is 9.14. The molecule has 0 unspecified atom stereocenters. The highest BCUT2D eigenvalue weighted by molar-refractivity contribution is 5.98. The largest absolute Gasteiger partial charge is 0.352 e. The van der Waals surface area contributed by atoms with Crippen LogP contribution in [0.4, 0.5) is 0 Å². The summed E-state index contributed by atoms with van der Waals surface area (Å²) in [4.78, 5) is 40.4. The zero-order valence-corrected chi connectivity index (χ0v) is 17.1. The standard InChI is InChI=1S/C20H27N5O3/c1-11(2)23-9-13-17(19(23)28)24(10-15(26)21-12-6-7-12)16-8-14(20(3,4)5)22-25(16)18(13)27/h8,11-12H,6-7,9-10H2,1-5H3,(H,21,26). The molecular weight excluding hydrogens is 358 g/mol. The number of hydrogen-bond acceptors (Lipinski definition) is 4. The summed E-state index contributed by atoms with van der Waals surface area (Å²) in [7, 11) is 0. The summed E-state index contributed by atoms with van der Waals surface area (Å²) in [5, 5.41) is 7.49. The van der Waals surface area contributed by atoms with Gasteiger partial charge in [-0.2, -0.15) is 9.61 Å². The zero-order chi connectivity index (χ0) is 20.4. The fourth-order valence-electron chi connectivity index (χ4n) is 3.57. The molecule has 8 nitrogen and oxygen atoms in total. The Labute approximate surface area is 163 Å². The maximum absolute atomic E-state index is 13.1. The third kappa shape index (κ3) is 3.00. The Bertz CT molecular complexity index is 1040. The summed E-state index contributed by atoms with van der Waals surface area (Å²) in [6.45, 7) is 10.1. The summed E-state index contributed by atoms with van der Waals surface area (Å²) in [5.41, 5.74) is 1.42. The van der Waals surface area contributed by atoms with Crippen molar-refractivity contribution in [3.8, 4) is 0 Å². The van der Waals surface area contributed by atoms with E-state index >= 15 is 0 Å². The molecule has 4 rings (SSSR count). The minimum atomic E-state index is -0.282. The molecule has 3 heterocycles. The number of amides is 2. The molecule has 1 fully saturated rings.